The number of hydrogen-bond acceptors (Lipinski definition) is 3. The van der Waals surface area contributed by atoms with E-state index < -0.39 is 5.97 Å². The molecule has 0 aliphatic rings. The van der Waals surface area contributed by atoms with Gasteiger partial charge >= 0.3 is 5.97 Å². The molecule has 2 aromatic rings. The quantitative estimate of drug-likeness (QED) is 0.829. The van der Waals surface area contributed by atoms with Crippen LogP contribution in [0.4, 0.5) is 0 Å². The second-order valence-corrected chi connectivity index (χ2v) is 3.97. The number of aromatic nitrogens is 2. The van der Waals surface area contributed by atoms with Gasteiger partial charge in [0, 0.05) is 6.20 Å². The van der Waals surface area contributed by atoms with Crippen molar-refractivity contribution in [1.82, 2.24) is 9.78 Å². The highest BCUT2D eigenvalue weighted by atomic mass is 16.4. The Morgan fingerprint density at radius 2 is 2.06 bits per heavy atom. The van der Waals surface area contributed by atoms with Crippen LogP contribution in [0.3, 0.4) is 0 Å². The van der Waals surface area contributed by atoms with Crippen molar-refractivity contribution in [2.75, 3.05) is 0 Å². The third kappa shape index (κ3) is 2.45. The highest BCUT2D eigenvalue weighted by Gasteiger charge is 2.06. The maximum Gasteiger partial charge on any atom is 0.307 e. The zero-order chi connectivity index (χ0) is 13.1. The SMILES string of the molecule is Cc1nn(-c2ccc(CC(=O)O)cc2)cc1C=O. The molecule has 0 unspecified atom stereocenters. The summed E-state index contributed by atoms with van der Waals surface area (Å²) in [7, 11) is 0. The van der Waals surface area contributed by atoms with Gasteiger partial charge in [0.2, 0.25) is 0 Å². The molecule has 1 aromatic carbocycles. The molecule has 0 fully saturated rings. The zero-order valence-electron chi connectivity index (χ0n) is 9.83. The minimum atomic E-state index is -0.860. The summed E-state index contributed by atoms with van der Waals surface area (Å²) < 4.78 is 1.60. The van der Waals surface area contributed by atoms with E-state index in [0.29, 0.717) is 11.3 Å². The Hall–Kier alpha value is -2.43. The minimum Gasteiger partial charge on any atom is -0.481 e. The fourth-order valence-corrected chi connectivity index (χ4v) is 1.66. The van der Waals surface area contributed by atoms with E-state index >= 15 is 0 Å². The molecule has 5 heteroatoms. The summed E-state index contributed by atoms with van der Waals surface area (Å²) in [6.07, 6.45) is 2.41. The number of benzene rings is 1. The largest absolute Gasteiger partial charge is 0.481 e. The molecule has 0 aliphatic heterocycles. The molecule has 5 nitrogen and oxygen atoms in total. The second kappa shape index (κ2) is 4.83. The van der Waals surface area contributed by atoms with Gasteiger partial charge in [0.1, 0.15) is 0 Å². The number of carbonyl (C=O) groups excluding carboxylic acids is 1. The van der Waals surface area contributed by atoms with E-state index in [-0.39, 0.29) is 6.42 Å². The first kappa shape index (κ1) is 12.0. The van der Waals surface area contributed by atoms with Crippen LogP contribution in [0.25, 0.3) is 5.69 Å². The fraction of sp³-hybridized carbons (Fsp3) is 0.154. The number of carboxylic acid groups (broad SMARTS) is 1. The summed E-state index contributed by atoms with van der Waals surface area (Å²) in [5, 5.41) is 12.9. The topological polar surface area (TPSA) is 72.2 Å². The normalized spacial score (nSPS) is 10.3. The molecule has 0 saturated carbocycles. The number of nitrogens with zero attached hydrogens (tertiary/aromatic N) is 2. The fourth-order valence-electron chi connectivity index (χ4n) is 1.66. The smallest absolute Gasteiger partial charge is 0.307 e. The van der Waals surface area contributed by atoms with Gasteiger partial charge in [-0.1, -0.05) is 12.1 Å². The van der Waals surface area contributed by atoms with Crippen molar-refractivity contribution in [2.45, 2.75) is 13.3 Å². The van der Waals surface area contributed by atoms with Gasteiger partial charge in [-0.15, -0.1) is 0 Å². The molecule has 0 amide bonds. The Kier molecular flexibility index (Phi) is 3.23. The standard InChI is InChI=1S/C13H12N2O3/c1-9-11(8-16)7-15(14-9)12-4-2-10(3-5-12)6-13(17)18/h2-5,7-8H,6H2,1H3,(H,17,18). The van der Waals surface area contributed by atoms with Crippen LogP contribution in [0.2, 0.25) is 0 Å². The number of aldehydes is 1. The van der Waals surface area contributed by atoms with E-state index in [2.05, 4.69) is 5.10 Å². The lowest BCUT2D eigenvalue weighted by Crippen LogP contribution is -2.00. The number of aryl methyl sites for hydroxylation is 1. The van der Waals surface area contributed by atoms with Crippen LogP contribution in [0, 0.1) is 6.92 Å². The van der Waals surface area contributed by atoms with Gasteiger partial charge in [-0.25, -0.2) is 4.68 Å². The number of rotatable bonds is 4. The van der Waals surface area contributed by atoms with Crippen LogP contribution >= 0.6 is 0 Å². The average Bonchev–Trinajstić information content (AvgIpc) is 2.71. The van der Waals surface area contributed by atoms with Crippen LogP contribution in [0.15, 0.2) is 30.5 Å². The Morgan fingerprint density at radius 3 is 2.56 bits per heavy atom. The first-order valence-corrected chi connectivity index (χ1v) is 5.42. The van der Waals surface area contributed by atoms with Crippen LogP contribution < -0.4 is 0 Å². The van der Waals surface area contributed by atoms with E-state index in [0.717, 1.165) is 17.5 Å². The van der Waals surface area contributed by atoms with E-state index in [1.807, 2.05) is 0 Å². The van der Waals surface area contributed by atoms with E-state index in [1.165, 1.54) is 0 Å². The average molecular weight is 244 g/mol. The Labute approximate surface area is 104 Å². The lowest BCUT2D eigenvalue weighted by molar-refractivity contribution is -0.136. The zero-order valence-corrected chi connectivity index (χ0v) is 9.83. The Balaban J connectivity index is 2.28. The van der Waals surface area contributed by atoms with Crippen molar-refractivity contribution in [3.8, 4) is 5.69 Å². The van der Waals surface area contributed by atoms with E-state index in [4.69, 9.17) is 5.11 Å². The molecule has 0 atom stereocenters. The lowest BCUT2D eigenvalue weighted by Gasteiger charge is -2.02. The summed E-state index contributed by atoms with van der Waals surface area (Å²) in [6.45, 7) is 1.76. The maximum absolute atomic E-state index is 10.7. The van der Waals surface area contributed by atoms with Crippen LogP contribution in [0.1, 0.15) is 21.6 Å². The van der Waals surface area contributed by atoms with Gasteiger partial charge in [-0.05, 0) is 24.6 Å². The van der Waals surface area contributed by atoms with Gasteiger partial charge in [-0.3, -0.25) is 9.59 Å². The van der Waals surface area contributed by atoms with Gasteiger partial charge in [0.25, 0.3) is 0 Å². The third-order valence-corrected chi connectivity index (χ3v) is 2.62. The van der Waals surface area contributed by atoms with Gasteiger partial charge in [0.05, 0.1) is 23.4 Å². The molecule has 0 aliphatic carbocycles. The van der Waals surface area contributed by atoms with E-state index in [1.54, 1.807) is 42.1 Å². The molecule has 1 aromatic heterocycles. The monoisotopic (exact) mass is 244 g/mol. The van der Waals surface area contributed by atoms with Crippen LogP contribution in [-0.2, 0) is 11.2 Å². The van der Waals surface area contributed by atoms with Crippen molar-refractivity contribution in [3.63, 3.8) is 0 Å². The molecule has 2 rings (SSSR count). The lowest BCUT2D eigenvalue weighted by atomic mass is 10.1. The van der Waals surface area contributed by atoms with Crippen molar-refractivity contribution in [1.29, 1.82) is 0 Å². The second-order valence-electron chi connectivity index (χ2n) is 3.97. The van der Waals surface area contributed by atoms with Gasteiger partial charge in [-0.2, -0.15) is 5.10 Å². The molecule has 0 bridgehead atoms. The Bertz CT molecular complexity index is 585. The first-order valence-electron chi connectivity index (χ1n) is 5.42. The number of carboxylic acids is 1. The molecule has 92 valence electrons. The van der Waals surface area contributed by atoms with Crippen LogP contribution in [-0.4, -0.2) is 27.1 Å². The summed E-state index contributed by atoms with van der Waals surface area (Å²) in [6, 6.07) is 7.03. The number of aliphatic carboxylic acids is 1. The number of carbonyl (C=O) groups is 2. The number of hydrogen-bond donors (Lipinski definition) is 1. The molecule has 1 heterocycles. The highest BCUT2D eigenvalue weighted by molar-refractivity contribution is 5.76. The summed E-state index contributed by atoms with van der Waals surface area (Å²) in [5.74, 6) is -0.860. The molecule has 18 heavy (non-hydrogen) atoms. The van der Waals surface area contributed by atoms with Gasteiger partial charge < -0.3 is 5.11 Å². The first-order chi connectivity index (χ1) is 8.60. The third-order valence-electron chi connectivity index (χ3n) is 2.62. The molecule has 0 saturated heterocycles. The molecular formula is C13H12N2O3. The Morgan fingerprint density at radius 1 is 1.39 bits per heavy atom. The predicted octanol–water partition coefficient (Wildman–Crippen LogP) is 1.62. The molecule has 0 radical (unpaired) electrons. The molecule has 1 N–H and O–H groups in total. The predicted molar refractivity (Wildman–Crippen MR) is 65.0 cm³/mol. The van der Waals surface area contributed by atoms with Crippen molar-refractivity contribution >= 4 is 12.3 Å². The summed E-state index contributed by atoms with van der Waals surface area (Å²) in [4.78, 5) is 21.3. The minimum absolute atomic E-state index is 0.00198. The van der Waals surface area contributed by atoms with Crippen molar-refractivity contribution in [2.24, 2.45) is 0 Å². The maximum atomic E-state index is 10.7. The van der Waals surface area contributed by atoms with Crippen molar-refractivity contribution < 1.29 is 14.7 Å². The molecular weight excluding hydrogens is 232 g/mol. The van der Waals surface area contributed by atoms with Crippen molar-refractivity contribution in [3.05, 3.63) is 47.3 Å². The summed E-state index contributed by atoms with van der Waals surface area (Å²) in [5.41, 5.74) is 2.73. The molecule has 0 spiro atoms. The summed E-state index contributed by atoms with van der Waals surface area (Å²) >= 11 is 0. The van der Waals surface area contributed by atoms with Crippen LogP contribution in [0.5, 0.6) is 0 Å². The van der Waals surface area contributed by atoms with E-state index in [9.17, 15) is 9.59 Å². The highest BCUT2D eigenvalue weighted by Crippen LogP contribution is 2.12. The van der Waals surface area contributed by atoms with Gasteiger partial charge in [0.15, 0.2) is 6.29 Å².